The van der Waals surface area contributed by atoms with Crippen LogP contribution in [-0.4, -0.2) is 5.38 Å². The lowest BCUT2D eigenvalue weighted by Gasteiger charge is -1.65. The van der Waals surface area contributed by atoms with E-state index < -0.39 is 0 Å². The van der Waals surface area contributed by atoms with E-state index in [-0.39, 0.29) is 0 Å². The molecule has 0 radical (unpaired) electrons. The molecule has 1 aliphatic carbocycles. The van der Waals surface area contributed by atoms with Crippen molar-refractivity contribution in [1.29, 1.82) is 0 Å². The van der Waals surface area contributed by atoms with Gasteiger partial charge in [0.25, 0.3) is 0 Å². The van der Waals surface area contributed by atoms with Gasteiger partial charge in [-0.2, -0.15) is 0 Å². The summed E-state index contributed by atoms with van der Waals surface area (Å²) < 4.78 is 0. The number of rotatable bonds is 0. The summed E-state index contributed by atoms with van der Waals surface area (Å²) in [5.74, 6) is 1.57. The number of hydrogen-bond acceptors (Lipinski definition) is 0. The molecule has 0 heterocycles. The molecule has 0 spiro atoms. The number of halogens is 1. The van der Waals surface area contributed by atoms with Gasteiger partial charge in [-0.3, -0.25) is 0 Å². The molecule has 6 heavy (non-hydrogen) atoms. The minimum atomic E-state index is 0.491. The molecule has 0 aromatic rings. The van der Waals surface area contributed by atoms with Gasteiger partial charge in [0.15, 0.2) is 0 Å². The molecule has 1 heteroatoms. The lowest BCUT2D eigenvalue weighted by Crippen LogP contribution is -1.62. The third-order valence-electron chi connectivity index (χ3n) is 1.69. The van der Waals surface area contributed by atoms with Crippen molar-refractivity contribution in [3.63, 3.8) is 0 Å². The molecule has 1 saturated carbocycles. The van der Waals surface area contributed by atoms with Crippen molar-refractivity contribution in [1.82, 2.24) is 0 Å². The molecule has 1 aliphatic rings. The number of hydrogen-bond donors (Lipinski definition) is 0. The molecule has 3 atom stereocenters. The van der Waals surface area contributed by atoms with Crippen LogP contribution in [0.2, 0.25) is 0 Å². The summed E-state index contributed by atoms with van der Waals surface area (Å²) >= 11 is 5.69. The summed E-state index contributed by atoms with van der Waals surface area (Å²) in [6, 6.07) is 0. The Hall–Kier alpha value is 0.290. The van der Waals surface area contributed by atoms with E-state index in [9.17, 15) is 0 Å². The largest absolute Gasteiger partial charge is 0.122 e. The predicted octanol–water partition coefficient (Wildman–Crippen LogP) is 1.88. The Labute approximate surface area is 43.5 Å². The maximum atomic E-state index is 5.69. The Morgan fingerprint density at radius 3 is 1.33 bits per heavy atom. The normalized spacial score (nSPS) is 55.5. The lowest BCUT2D eigenvalue weighted by atomic mass is 10.4. The van der Waals surface area contributed by atoms with Gasteiger partial charge in [-0.25, -0.2) is 0 Å². The van der Waals surface area contributed by atoms with E-state index in [1.807, 2.05) is 0 Å². The molecule has 0 aromatic carbocycles. The van der Waals surface area contributed by atoms with Gasteiger partial charge in [0.1, 0.15) is 0 Å². The van der Waals surface area contributed by atoms with Gasteiger partial charge in [-0.15, -0.1) is 11.6 Å². The van der Waals surface area contributed by atoms with Gasteiger partial charge >= 0.3 is 0 Å². The fourth-order valence-electron chi connectivity index (χ4n) is 0.602. The molecule has 1 rings (SSSR count). The third-order valence-corrected chi connectivity index (χ3v) is 2.49. The molecule has 0 saturated heterocycles. The molecule has 0 nitrogen and oxygen atoms in total. The van der Waals surface area contributed by atoms with E-state index in [0.29, 0.717) is 5.38 Å². The highest BCUT2D eigenvalue weighted by Crippen LogP contribution is 2.42. The first-order valence-corrected chi connectivity index (χ1v) is 2.81. The van der Waals surface area contributed by atoms with E-state index in [1.165, 1.54) is 0 Å². The van der Waals surface area contributed by atoms with Crippen LogP contribution >= 0.6 is 11.6 Å². The first-order valence-electron chi connectivity index (χ1n) is 2.37. The zero-order valence-electron chi connectivity index (χ0n) is 4.11. The van der Waals surface area contributed by atoms with Crippen LogP contribution in [0.5, 0.6) is 0 Å². The second-order valence-electron chi connectivity index (χ2n) is 2.16. The maximum absolute atomic E-state index is 5.69. The first kappa shape index (κ1) is 4.45. The maximum Gasteiger partial charge on any atom is 0.0393 e. The summed E-state index contributed by atoms with van der Waals surface area (Å²) in [6.07, 6.45) is 0. The Morgan fingerprint density at radius 2 is 1.33 bits per heavy atom. The standard InChI is InChI=1S/C5H9Cl/c1-3-4(2)5(3)6/h3-5H,1-2H3/t3-,4+,5?. The highest BCUT2D eigenvalue weighted by atomic mass is 35.5. The summed E-state index contributed by atoms with van der Waals surface area (Å²) in [6.45, 7) is 4.37. The van der Waals surface area contributed by atoms with Crippen LogP contribution in [0.25, 0.3) is 0 Å². The molecule has 36 valence electrons. The van der Waals surface area contributed by atoms with E-state index >= 15 is 0 Å². The minimum Gasteiger partial charge on any atom is -0.122 e. The van der Waals surface area contributed by atoms with E-state index in [1.54, 1.807) is 0 Å². The molecule has 0 N–H and O–H groups in total. The zero-order chi connectivity index (χ0) is 4.73. The number of alkyl halides is 1. The molecule has 1 fully saturated rings. The van der Waals surface area contributed by atoms with Crippen molar-refractivity contribution in [2.45, 2.75) is 19.2 Å². The quantitative estimate of drug-likeness (QED) is 0.412. The van der Waals surface area contributed by atoms with Crippen LogP contribution in [-0.2, 0) is 0 Å². The first-order chi connectivity index (χ1) is 2.73. The molecular weight excluding hydrogens is 95.5 g/mol. The monoisotopic (exact) mass is 104 g/mol. The molecule has 0 aromatic heterocycles. The fourth-order valence-corrected chi connectivity index (χ4v) is 0.977. The van der Waals surface area contributed by atoms with E-state index in [2.05, 4.69) is 13.8 Å². The van der Waals surface area contributed by atoms with Crippen LogP contribution < -0.4 is 0 Å². The Kier molecular flexibility index (Phi) is 0.836. The van der Waals surface area contributed by atoms with Gasteiger partial charge in [-0.05, 0) is 11.8 Å². The van der Waals surface area contributed by atoms with Gasteiger partial charge < -0.3 is 0 Å². The third kappa shape index (κ3) is 0.439. The molecule has 1 unspecified atom stereocenters. The second-order valence-corrected chi connectivity index (χ2v) is 2.67. The average Bonchev–Trinajstić information content (AvgIpc) is 1.94. The van der Waals surface area contributed by atoms with Gasteiger partial charge in [-0.1, -0.05) is 13.8 Å². The Morgan fingerprint density at radius 1 is 1.17 bits per heavy atom. The van der Waals surface area contributed by atoms with Crippen LogP contribution in [0.3, 0.4) is 0 Å². The van der Waals surface area contributed by atoms with Crippen LogP contribution in [0.1, 0.15) is 13.8 Å². The highest BCUT2D eigenvalue weighted by Gasteiger charge is 2.40. The van der Waals surface area contributed by atoms with E-state index in [0.717, 1.165) is 11.8 Å². The van der Waals surface area contributed by atoms with Gasteiger partial charge in [0.05, 0.1) is 0 Å². The molecule has 0 aliphatic heterocycles. The zero-order valence-corrected chi connectivity index (χ0v) is 4.87. The Balaban J connectivity index is 2.31. The molecular formula is C5H9Cl. The van der Waals surface area contributed by atoms with Crippen LogP contribution in [0.15, 0.2) is 0 Å². The topological polar surface area (TPSA) is 0 Å². The van der Waals surface area contributed by atoms with Crippen molar-refractivity contribution in [2.24, 2.45) is 11.8 Å². The van der Waals surface area contributed by atoms with E-state index in [4.69, 9.17) is 11.6 Å². The molecule has 0 bridgehead atoms. The summed E-state index contributed by atoms with van der Waals surface area (Å²) in [4.78, 5) is 0. The smallest absolute Gasteiger partial charge is 0.0393 e. The molecule has 0 amide bonds. The van der Waals surface area contributed by atoms with Gasteiger partial charge in [0, 0.05) is 5.38 Å². The van der Waals surface area contributed by atoms with Crippen LogP contribution in [0, 0.1) is 11.8 Å². The van der Waals surface area contributed by atoms with Crippen molar-refractivity contribution in [3.05, 3.63) is 0 Å². The summed E-state index contributed by atoms with van der Waals surface area (Å²) in [7, 11) is 0. The van der Waals surface area contributed by atoms with Crippen molar-refractivity contribution < 1.29 is 0 Å². The fraction of sp³-hybridized carbons (Fsp3) is 1.00. The van der Waals surface area contributed by atoms with Gasteiger partial charge in [0.2, 0.25) is 0 Å². The second kappa shape index (κ2) is 1.13. The van der Waals surface area contributed by atoms with Crippen molar-refractivity contribution >= 4 is 11.6 Å². The lowest BCUT2D eigenvalue weighted by molar-refractivity contribution is 0.834. The average molecular weight is 105 g/mol. The summed E-state index contributed by atoms with van der Waals surface area (Å²) in [5, 5.41) is 0.491. The predicted molar refractivity (Wildman–Crippen MR) is 28.0 cm³/mol. The van der Waals surface area contributed by atoms with Crippen molar-refractivity contribution in [3.8, 4) is 0 Å². The van der Waals surface area contributed by atoms with Crippen molar-refractivity contribution in [2.75, 3.05) is 0 Å². The highest BCUT2D eigenvalue weighted by molar-refractivity contribution is 6.22. The SMILES string of the molecule is C[C@@H]1C(Cl)[C@@H]1C. The minimum absolute atomic E-state index is 0.491. The van der Waals surface area contributed by atoms with Crippen LogP contribution in [0.4, 0.5) is 0 Å². The Bertz CT molecular complexity index is 40.7. The summed E-state index contributed by atoms with van der Waals surface area (Å²) in [5.41, 5.74) is 0.